The van der Waals surface area contributed by atoms with Crippen molar-refractivity contribution in [3.63, 3.8) is 0 Å². The molecule has 2 nitrogen and oxygen atoms in total. The first kappa shape index (κ1) is 10.9. The summed E-state index contributed by atoms with van der Waals surface area (Å²) in [6.07, 6.45) is 7.21. The van der Waals surface area contributed by atoms with E-state index in [1.54, 1.807) is 0 Å². The summed E-state index contributed by atoms with van der Waals surface area (Å²) in [6.45, 7) is 3.25. The van der Waals surface area contributed by atoms with Crippen LogP contribution in [0.5, 0.6) is 0 Å². The van der Waals surface area contributed by atoms with Gasteiger partial charge in [-0.1, -0.05) is 6.42 Å². The molecule has 0 aromatic rings. The van der Waals surface area contributed by atoms with Crippen molar-refractivity contribution in [2.45, 2.75) is 38.6 Å². The molecular weight excluding hydrogens is 180 g/mol. The van der Waals surface area contributed by atoms with Gasteiger partial charge in [0.15, 0.2) is 0 Å². The molecule has 76 valence electrons. The van der Waals surface area contributed by atoms with E-state index in [9.17, 15) is 0 Å². The Labute approximate surface area is 85.6 Å². The van der Waals surface area contributed by atoms with Gasteiger partial charge in [-0.05, 0) is 26.0 Å². The van der Waals surface area contributed by atoms with Gasteiger partial charge in [-0.2, -0.15) is 11.8 Å². The van der Waals surface area contributed by atoms with Crippen LogP contribution >= 0.6 is 11.8 Å². The number of aliphatic imine (C=N–C) groups is 1. The largest absolute Gasteiger partial charge is 0.371 e. The molecule has 0 fully saturated rings. The van der Waals surface area contributed by atoms with Crippen molar-refractivity contribution in [3.8, 4) is 0 Å². The van der Waals surface area contributed by atoms with Gasteiger partial charge >= 0.3 is 0 Å². The number of nitrogens with zero attached hydrogens (tertiary/aromatic N) is 1. The second kappa shape index (κ2) is 6.30. The number of thioether (sulfide) groups is 1. The predicted molar refractivity (Wildman–Crippen MR) is 61.7 cm³/mol. The van der Waals surface area contributed by atoms with E-state index >= 15 is 0 Å². The van der Waals surface area contributed by atoms with Gasteiger partial charge in [0.1, 0.15) is 0 Å². The molecule has 0 spiro atoms. The van der Waals surface area contributed by atoms with E-state index in [0.29, 0.717) is 6.04 Å². The van der Waals surface area contributed by atoms with Crippen molar-refractivity contribution in [3.05, 3.63) is 0 Å². The maximum Gasteiger partial charge on any atom is 0.0965 e. The molecule has 3 heteroatoms. The van der Waals surface area contributed by atoms with Gasteiger partial charge in [-0.25, -0.2) is 0 Å². The number of nitrogens with one attached hydrogen (secondary N) is 1. The molecule has 1 unspecified atom stereocenters. The Bertz CT molecular complexity index is 168. The molecule has 1 aliphatic heterocycles. The molecule has 1 heterocycles. The van der Waals surface area contributed by atoms with Crippen molar-refractivity contribution >= 4 is 17.6 Å². The van der Waals surface area contributed by atoms with E-state index in [1.165, 1.54) is 30.9 Å². The molecule has 1 N–H and O–H groups in total. The molecule has 0 aromatic carbocycles. The molecule has 1 atom stereocenters. The Morgan fingerprint density at radius 3 is 3.08 bits per heavy atom. The highest BCUT2D eigenvalue weighted by atomic mass is 32.2. The average Bonchev–Trinajstić information content (AvgIpc) is 2.33. The van der Waals surface area contributed by atoms with E-state index in [4.69, 9.17) is 0 Å². The fourth-order valence-corrected chi connectivity index (χ4v) is 2.15. The zero-order valence-electron chi connectivity index (χ0n) is 8.68. The zero-order chi connectivity index (χ0) is 9.52. The van der Waals surface area contributed by atoms with E-state index < -0.39 is 0 Å². The maximum atomic E-state index is 4.54. The Hall–Kier alpha value is -0.180. The molecule has 0 amide bonds. The van der Waals surface area contributed by atoms with Gasteiger partial charge in [-0.15, -0.1) is 0 Å². The minimum atomic E-state index is 0.562. The first-order chi connectivity index (χ1) is 6.33. The van der Waals surface area contributed by atoms with Crippen molar-refractivity contribution in [2.24, 2.45) is 4.99 Å². The lowest BCUT2D eigenvalue weighted by atomic mass is 10.2. The quantitative estimate of drug-likeness (QED) is 0.756. The third kappa shape index (κ3) is 4.55. The van der Waals surface area contributed by atoms with Crippen LogP contribution in [0.2, 0.25) is 0 Å². The van der Waals surface area contributed by atoms with Crippen LogP contribution < -0.4 is 5.32 Å². The lowest BCUT2D eigenvalue weighted by Crippen LogP contribution is -2.34. The normalized spacial score (nSPS) is 20.3. The highest BCUT2D eigenvalue weighted by molar-refractivity contribution is 7.98. The van der Waals surface area contributed by atoms with Gasteiger partial charge in [0.25, 0.3) is 0 Å². The zero-order valence-corrected chi connectivity index (χ0v) is 9.49. The highest BCUT2D eigenvalue weighted by Gasteiger charge is 2.06. The summed E-state index contributed by atoms with van der Waals surface area (Å²) in [5.74, 6) is 2.40. The second-order valence-electron chi connectivity index (χ2n) is 3.64. The van der Waals surface area contributed by atoms with Gasteiger partial charge in [0.05, 0.1) is 5.84 Å². The molecule has 0 aliphatic carbocycles. The van der Waals surface area contributed by atoms with Crippen LogP contribution in [0.1, 0.15) is 32.6 Å². The Balaban J connectivity index is 2.28. The van der Waals surface area contributed by atoms with Crippen LogP contribution in [0.25, 0.3) is 0 Å². The monoisotopic (exact) mass is 200 g/mol. The summed E-state index contributed by atoms with van der Waals surface area (Å²) in [7, 11) is 0. The molecule has 0 radical (unpaired) electrons. The smallest absolute Gasteiger partial charge is 0.0965 e. The third-order valence-electron chi connectivity index (χ3n) is 2.20. The summed E-state index contributed by atoms with van der Waals surface area (Å²) >= 11 is 1.89. The predicted octanol–water partition coefficient (Wildman–Crippen LogP) is 2.30. The van der Waals surface area contributed by atoms with Crippen molar-refractivity contribution in [1.29, 1.82) is 0 Å². The van der Waals surface area contributed by atoms with E-state index in [2.05, 4.69) is 23.5 Å². The van der Waals surface area contributed by atoms with Gasteiger partial charge in [-0.3, -0.25) is 4.99 Å². The van der Waals surface area contributed by atoms with Gasteiger partial charge in [0, 0.05) is 24.8 Å². The number of amidine groups is 1. The second-order valence-corrected chi connectivity index (χ2v) is 4.55. The maximum absolute atomic E-state index is 4.54. The standard InChI is InChI=1S/C10H20N2S/c1-9(8-13-2)12-10-6-4-3-5-7-11-10/h9H,3-8H2,1-2H3,(H,11,12). The minimum Gasteiger partial charge on any atom is -0.371 e. The fourth-order valence-electron chi connectivity index (χ4n) is 1.57. The molecule has 0 bridgehead atoms. The van der Waals surface area contributed by atoms with Crippen LogP contribution in [0.3, 0.4) is 0 Å². The van der Waals surface area contributed by atoms with Crippen LogP contribution in [-0.2, 0) is 0 Å². The van der Waals surface area contributed by atoms with Crippen molar-refractivity contribution < 1.29 is 0 Å². The van der Waals surface area contributed by atoms with E-state index in [-0.39, 0.29) is 0 Å². The molecule has 1 aliphatic rings. The van der Waals surface area contributed by atoms with Crippen LogP contribution in [0.15, 0.2) is 4.99 Å². The number of hydrogen-bond donors (Lipinski definition) is 1. The third-order valence-corrected chi connectivity index (χ3v) is 3.04. The Morgan fingerprint density at radius 2 is 2.31 bits per heavy atom. The first-order valence-corrected chi connectivity index (χ1v) is 6.51. The summed E-state index contributed by atoms with van der Waals surface area (Å²) in [5, 5.41) is 3.49. The summed E-state index contributed by atoms with van der Waals surface area (Å²) < 4.78 is 0. The Morgan fingerprint density at radius 1 is 1.46 bits per heavy atom. The SMILES string of the molecule is CSCC(C)NC1=NCCCCC1. The van der Waals surface area contributed by atoms with Crippen LogP contribution in [0.4, 0.5) is 0 Å². The highest BCUT2D eigenvalue weighted by Crippen LogP contribution is 2.07. The lowest BCUT2D eigenvalue weighted by molar-refractivity contribution is 0.710. The molecule has 13 heavy (non-hydrogen) atoms. The molecule has 1 rings (SSSR count). The average molecular weight is 200 g/mol. The van der Waals surface area contributed by atoms with Gasteiger partial charge in [0.2, 0.25) is 0 Å². The van der Waals surface area contributed by atoms with E-state index in [0.717, 1.165) is 13.0 Å². The summed E-state index contributed by atoms with van der Waals surface area (Å²) in [4.78, 5) is 4.54. The molecule has 0 saturated heterocycles. The molecular formula is C10H20N2S. The summed E-state index contributed by atoms with van der Waals surface area (Å²) in [6, 6.07) is 0.562. The number of hydrogen-bond acceptors (Lipinski definition) is 3. The minimum absolute atomic E-state index is 0.562. The first-order valence-electron chi connectivity index (χ1n) is 5.11. The lowest BCUT2D eigenvalue weighted by Gasteiger charge is -2.14. The van der Waals surface area contributed by atoms with E-state index in [1.807, 2.05) is 11.8 Å². The molecule has 0 saturated carbocycles. The number of rotatable bonds is 3. The van der Waals surface area contributed by atoms with Crippen molar-refractivity contribution in [2.75, 3.05) is 18.6 Å². The Kier molecular flexibility index (Phi) is 5.28. The van der Waals surface area contributed by atoms with Crippen molar-refractivity contribution in [1.82, 2.24) is 5.32 Å². The summed E-state index contributed by atoms with van der Waals surface area (Å²) in [5.41, 5.74) is 0. The molecule has 0 aromatic heterocycles. The fraction of sp³-hybridized carbons (Fsp3) is 0.900. The topological polar surface area (TPSA) is 24.4 Å². The van der Waals surface area contributed by atoms with Crippen LogP contribution in [-0.4, -0.2) is 30.4 Å². The van der Waals surface area contributed by atoms with Gasteiger partial charge < -0.3 is 5.32 Å². The van der Waals surface area contributed by atoms with Crippen LogP contribution in [0, 0.1) is 0 Å².